The number of aromatic nitrogens is 2. The first-order valence-electron chi connectivity index (χ1n) is 6.72. The molecule has 5 nitrogen and oxygen atoms in total. The van der Waals surface area contributed by atoms with Crippen molar-refractivity contribution in [1.82, 2.24) is 10.1 Å². The fourth-order valence-electron chi connectivity index (χ4n) is 2.33. The van der Waals surface area contributed by atoms with E-state index in [0.717, 1.165) is 29.5 Å². The van der Waals surface area contributed by atoms with Crippen molar-refractivity contribution in [3.8, 4) is 11.5 Å². The summed E-state index contributed by atoms with van der Waals surface area (Å²) in [5.41, 5.74) is 7.32. The summed E-state index contributed by atoms with van der Waals surface area (Å²) in [5.74, 6) is 1.13. The van der Waals surface area contributed by atoms with Gasteiger partial charge < -0.3 is 15.0 Å². The molecule has 0 bridgehead atoms. The van der Waals surface area contributed by atoms with Crippen LogP contribution in [0.5, 0.6) is 0 Å². The van der Waals surface area contributed by atoms with E-state index >= 15 is 0 Å². The summed E-state index contributed by atoms with van der Waals surface area (Å²) in [5, 5.41) is 4.02. The third kappa shape index (κ3) is 3.02. The molecule has 2 N–H and O–H groups in total. The van der Waals surface area contributed by atoms with Gasteiger partial charge in [-0.05, 0) is 37.5 Å². The quantitative estimate of drug-likeness (QED) is 0.870. The Morgan fingerprint density at radius 3 is 3.05 bits per heavy atom. The van der Waals surface area contributed by atoms with E-state index in [1.165, 1.54) is 6.42 Å². The van der Waals surface area contributed by atoms with E-state index in [1.54, 1.807) is 0 Å². The monoisotopic (exact) mass is 337 g/mol. The lowest BCUT2D eigenvalue weighted by molar-refractivity contribution is 0.0153. The summed E-state index contributed by atoms with van der Waals surface area (Å²) in [6.07, 6.45) is 4.30. The van der Waals surface area contributed by atoms with Crippen molar-refractivity contribution in [2.45, 2.75) is 31.8 Å². The molecule has 1 saturated heterocycles. The Morgan fingerprint density at radius 1 is 1.35 bits per heavy atom. The van der Waals surface area contributed by atoms with Crippen LogP contribution in [-0.4, -0.2) is 22.9 Å². The summed E-state index contributed by atoms with van der Waals surface area (Å²) >= 11 is 3.41. The van der Waals surface area contributed by atoms with Gasteiger partial charge in [0.25, 0.3) is 5.89 Å². The number of nitrogens with two attached hydrogens (primary N) is 1. The van der Waals surface area contributed by atoms with Crippen LogP contribution in [-0.2, 0) is 11.2 Å². The highest BCUT2D eigenvalue weighted by atomic mass is 79.9. The molecular formula is C14H16BrN3O2. The maximum Gasteiger partial charge on any atom is 0.260 e. The van der Waals surface area contributed by atoms with Crippen LogP contribution in [0.1, 0.15) is 25.1 Å². The molecule has 1 unspecified atom stereocenters. The fourth-order valence-corrected chi connectivity index (χ4v) is 2.69. The van der Waals surface area contributed by atoms with E-state index in [-0.39, 0.29) is 6.10 Å². The number of anilines is 1. The summed E-state index contributed by atoms with van der Waals surface area (Å²) in [4.78, 5) is 4.42. The van der Waals surface area contributed by atoms with Crippen LogP contribution >= 0.6 is 15.9 Å². The molecule has 0 spiro atoms. The normalized spacial score (nSPS) is 19.1. The zero-order chi connectivity index (χ0) is 13.9. The average Bonchev–Trinajstić information content (AvgIpc) is 2.91. The minimum atomic E-state index is 0.203. The largest absolute Gasteiger partial charge is 0.398 e. The third-order valence-electron chi connectivity index (χ3n) is 3.40. The van der Waals surface area contributed by atoms with Crippen molar-refractivity contribution in [3.05, 3.63) is 28.5 Å². The molecule has 1 fully saturated rings. The molecule has 3 rings (SSSR count). The SMILES string of the molecule is Nc1ccc(Br)cc1-c1nc(CC2CCCCO2)no1. The van der Waals surface area contributed by atoms with Crippen molar-refractivity contribution < 1.29 is 9.26 Å². The zero-order valence-corrected chi connectivity index (χ0v) is 12.6. The van der Waals surface area contributed by atoms with Crippen LogP contribution in [0.2, 0.25) is 0 Å². The molecular weight excluding hydrogens is 322 g/mol. The van der Waals surface area contributed by atoms with Gasteiger partial charge in [0.2, 0.25) is 0 Å². The van der Waals surface area contributed by atoms with Crippen molar-refractivity contribution in [2.24, 2.45) is 0 Å². The number of benzene rings is 1. The first-order chi connectivity index (χ1) is 9.72. The molecule has 0 saturated carbocycles. The smallest absolute Gasteiger partial charge is 0.260 e. The van der Waals surface area contributed by atoms with Gasteiger partial charge in [0.05, 0.1) is 11.7 Å². The van der Waals surface area contributed by atoms with Crippen LogP contribution in [0.15, 0.2) is 27.2 Å². The minimum Gasteiger partial charge on any atom is -0.398 e. The van der Waals surface area contributed by atoms with Crippen molar-refractivity contribution in [1.29, 1.82) is 0 Å². The molecule has 6 heteroatoms. The lowest BCUT2D eigenvalue weighted by Gasteiger charge is -2.20. The van der Waals surface area contributed by atoms with E-state index in [9.17, 15) is 0 Å². The second-order valence-corrected chi connectivity index (χ2v) is 5.86. The summed E-state index contributed by atoms with van der Waals surface area (Å²) in [6.45, 7) is 0.827. The van der Waals surface area contributed by atoms with Gasteiger partial charge in [-0.25, -0.2) is 0 Å². The van der Waals surface area contributed by atoms with Gasteiger partial charge in [0.15, 0.2) is 5.82 Å². The Kier molecular flexibility index (Phi) is 4.03. The van der Waals surface area contributed by atoms with E-state index in [4.69, 9.17) is 15.0 Å². The molecule has 0 radical (unpaired) electrons. The van der Waals surface area contributed by atoms with Crippen LogP contribution in [0.3, 0.4) is 0 Å². The van der Waals surface area contributed by atoms with E-state index in [2.05, 4.69) is 26.1 Å². The molecule has 0 aliphatic carbocycles. The molecule has 2 heterocycles. The lowest BCUT2D eigenvalue weighted by Crippen LogP contribution is -2.21. The Morgan fingerprint density at radius 2 is 2.25 bits per heavy atom. The number of hydrogen-bond acceptors (Lipinski definition) is 5. The number of hydrogen-bond donors (Lipinski definition) is 1. The first-order valence-corrected chi connectivity index (χ1v) is 7.51. The fraction of sp³-hybridized carbons (Fsp3) is 0.429. The topological polar surface area (TPSA) is 74.2 Å². The van der Waals surface area contributed by atoms with Crippen LogP contribution in [0.25, 0.3) is 11.5 Å². The Hall–Kier alpha value is -1.40. The number of nitrogens with zero attached hydrogens (tertiary/aromatic N) is 2. The van der Waals surface area contributed by atoms with Crippen molar-refractivity contribution >= 4 is 21.6 Å². The number of rotatable bonds is 3. The number of halogens is 1. The lowest BCUT2D eigenvalue weighted by atomic mass is 10.1. The average molecular weight is 338 g/mol. The van der Waals surface area contributed by atoms with Gasteiger partial charge in [0, 0.05) is 23.2 Å². The van der Waals surface area contributed by atoms with Gasteiger partial charge in [-0.2, -0.15) is 4.98 Å². The maximum absolute atomic E-state index is 5.94. The van der Waals surface area contributed by atoms with Gasteiger partial charge in [-0.1, -0.05) is 21.1 Å². The Bertz CT molecular complexity index is 594. The second kappa shape index (κ2) is 5.93. The molecule has 1 aromatic carbocycles. The Labute approximate surface area is 125 Å². The molecule has 0 amide bonds. The zero-order valence-electron chi connectivity index (χ0n) is 11.0. The first kappa shape index (κ1) is 13.6. The third-order valence-corrected chi connectivity index (χ3v) is 3.89. The molecule has 1 aliphatic rings. The molecule has 1 aliphatic heterocycles. The highest BCUT2D eigenvalue weighted by Crippen LogP contribution is 2.28. The predicted molar refractivity (Wildman–Crippen MR) is 79.1 cm³/mol. The van der Waals surface area contributed by atoms with Crippen LogP contribution in [0.4, 0.5) is 5.69 Å². The highest BCUT2D eigenvalue weighted by Gasteiger charge is 2.19. The van der Waals surface area contributed by atoms with Crippen LogP contribution < -0.4 is 5.73 Å². The highest BCUT2D eigenvalue weighted by molar-refractivity contribution is 9.10. The standard InChI is InChI=1S/C14H16BrN3O2/c15-9-4-5-12(16)11(7-9)14-17-13(18-20-14)8-10-3-1-2-6-19-10/h4-5,7,10H,1-3,6,8,16H2. The van der Waals surface area contributed by atoms with E-state index < -0.39 is 0 Å². The van der Waals surface area contributed by atoms with Gasteiger partial charge in [0.1, 0.15) is 0 Å². The molecule has 2 aromatic rings. The van der Waals surface area contributed by atoms with Gasteiger partial charge in [-0.15, -0.1) is 0 Å². The predicted octanol–water partition coefficient (Wildman–Crippen LogP) is 3.19. The number of nitrogen functional groups attached to an aromatic ring is 1. The van der Waals surface area contributed by atoms with Crippen molar-refractivity contribution in [2.75, 3.05) is 12.3 Å². The summed E-state index contributed by atoms with van der Waals surface area (Å²) in [7, 11) is 0. The second-order valence-electron chi connectivity index (χ2n) is 4.94. The van der Waals surface area contributed by atoms with Crippen molar-refractivity contribution in [3.63, 3.8) is 0 Å². The summed E-state index contributed by atoms with van der Waals surface area (Å²) in [6, 6.07) is 5.57. The molecule has 20 heavy (non-hydrogen) atoms. The molecule has 1 atom stereocenters. The Balaban J connectivity index is 1.77. The van der Waals surface area contributed by atoms with E-state index in [0.29, 0.717) is 23.8 Å². The minimum absolute atomic E-state index is 0.203. The maximum atomic E-state index is 5.94. The molecule has 1 aromatic heterocycles. The van der Waals surface area contributed by atoms with Gasteiger partial charge in [-0.3, -0.25) is 0 Å². The van der Waals surface area contributed by atoms with Gasteiger partial charge >= 0.3 is 0 Å². The van der Waals surface area contributed by atoms with Crippen LogP contribution in [0, 0.1) is 0 Å². The molecule has 106 valence electrons. The number of ether oxygens (including phenoxy) is 1. The van der Waals surface area contributed by atoms with E-state index in [1.807, 2.05) is 18.2 Å². The summed E-state index contributed by atoms with van der Waals surface area (Å²) < 4.78 is 11.9.